The van der Waals surface area contributed by atoms with Crippen molar-refractivity contribution < 1.29 is 9.59 Å². The van der Waals surface area contributed by atoms with Crippen molar-refractivity contribution in [1.29, 1.82) is 0 Å². The van der Waals surface area contributed by atoms with Crippen molar-refractivity contribution in [3.05, 3.63) is 0 Å². The number of hydrogen-bond donors (Lipinski definition) is 1. The number of rotatable bonds is 7. The molecule has 1 amide bonds. The first-order valence-corrected chi connectivity index (χ1v) is 5.77. The zero-order valence-corrected chi connectivity index (χ0v) is 10.3. The van der Waals surface area contributed by atoms with E-state index in [1.54, 1.807) is 0 Å². The van der Waals surface area contributed by atoms with E-state index in [-0.39, 0.29) is 17.7 Å². The summed E-state index contributed by atoms with van der Waals surface area (Å²) < 4.78 is 0. The second-order valence-corrected chi connectivity index (χ2v) is 4.46. The summed E-state index contributed by atoms with van der Waals surface area (Å²) in [4.78, 5) is 22.7. The van der Waals surface area contributed by atoms with Crippen molar-refractivity contribution in [2.24, 2.45) is 5.92 Å². The predicted octanol–water partition coefficient (Wildman–Crippen LogP) is 2.30. The van der Waals surface area contributed by atoms with Crippen LogP contribution in [0.1, 0.15) is 53.4 Å². The van der Waals surface area contributed by atoms with Crippen molar-refractivity contribution >= 4 is 11.7 Å². The van der Waals surface area contributed by atoms with Crippen molar-refractivity contribution in [1.82, 2.24) is 5.32 Å². The van der Waals surface area contributed by atoms with Crippen LogP contribution in [0.15, 0.2) is 0 Å². The molecule has 0 bridgehead atoms. The SMILES string of the molecule is CCCCC(=O)NC(CC(C)C)C(C)=O. The molecular formula is C12H23NO2. The average Bonchev–Trinajstić information content (AvgIpc) is 2.12. The summed E-state index contributed by atoms with van der Waals surface area (Å²) >= 11 is 0. The maximum Gasteiger partial charge on any atom is 0.220 e. The fourth-order valence-electron chi connectivity index (χ4n) is 1.40. The van der Waals surface area contributed by atoms with Gasteiger partial charge in [-0.2, -0.15) is 0 Å². The van der Waals surface area contributed by atoms with Crippen LogP contribution in [-0.2, 0) is 9.59 Å². The van der Waals surface area contributed by atoms with Gasteiger partial charge in [0.25, 0.3) is 0 Å². The van der Waals surface area contributed by atoms with E-state index < -0.39 is 0 Å². The normalized spacial score (nSPS) is 12.6. The summed E-state index contributed by atoms with van der Waals surface area (Å²) in [6.45, 7) is 7.68. The number of carbonyl (C=O) groups excluding carboxylic acids is 2. The lowest BCUT2D eigenvalue weighted by Gasteiger charge is -2.17. The van der Waals surface area contributed by atoms with Gasteiger partial charge in [-0.25, -0.2) is 0 Å². The van der Waals surface area contributed by atoms with Crippen LogP contribution in [0.4, 0.5) is 0 Å². The van der Waals surface area contributed by atoms with Gasteiger partial charge in [0.2, 0.25) is 5.91 Å². The second kappa shape index (κ2) is 7.43. The van der Waals surface area contributed by atoms with E-state index in [0.717, 1.165) is 19.3 Å². The van der Waals surface area contributed by atoms with Gasteiger partial charge in [0.1, 0.15) is 0 Å². The molecule has 0 aliphatic carbocycles. The Morgan fingerprint density at radius 1 is 1.27 bits per heavy atom. The zero-order valence-electron chi connectivity index (χ0n) is 10.3. The molecule has 0 saturated heterocycles. The number of amides is 1. The summed E-state index contributed by atoms with van der Waals surface area (Å²) in [5.41, 5.74) is 0. The molecule has 0 saturated carbocycles. The van der Waals surface area contributed by atoms with E-state index in [1.165, 1.54) is 6.92 Å². The molecule has 3 heteroatoms. The highest BCUT2D eigenvalue weighted by Crippen LogP contribution is 2.06. The maximum absolute atomic E-state index is 11.4. The molecule has 1 atom stereocenters. The Morgan fingerprint density at radius 2 is 1.87 bits per heavy atom. The number of nitrogens with one attached hydrogen (secondary N) is 1. The molecule has 0 spiro atoms. The topological polar surface area (TPSA) is 46.2 Å². The van der Waals surface area contributed by atoms with Gasteiger partial charge in [0.05, 0.1) is 6.04 Å². The Bertz CT molecular complexity index is 212. The summed E-state index contributed by atoms with van der Waals surface area (Å²) in [5.74, 6) is 0.469. The Labute approximate surface area is 92.6 Å². The molecule has 0 aliphatic heterocycles. The van der Waals surface area contributed by atoms with Gasteiger partial charge in [-0.1, -0.05) is 27.2 Å². The van der Waals surface area contributed by atoms with Crippen molar-refractivity contribution in [2.45, 2.75) is 59.4 Å². The molecule has 0 fully saturated rings. The van der Waals surface area contributed by atoms with Gasteiger partial charge in [0, 0.05) is 6.42 Å². The van der Waals surface area contributed by atoms with Gasteiger partial charge >= 0.3 is 0 Å². The van der Waals surface area contributed by atoms with Gasteiger partial charge in [0.15, 0.2) is 5.78 Å². The first kappa shape index (κ1) is 14.1. The van der Waals surface area contributed by atoms with Crippen molar-refractivity contribution in [3.8, 4) is 0 Å². The van der Waals surface area contributed by atoms with Crippen molar-refractivity contribution in [3.63, 3.8) is 0 Å². The first-order valence-electron chi connectivity index (χ1n) is 5.77. The van der Waals surface area contributed by atoms with E-state index in [9.17, 15) is 9.59 Å². The smallest absolute Gasteiger partial charge is 0.220 e. The third-order valence-electron chi connectivity index (χ3n) is 2.29. The third-order valence-corrected chi connectivity index (χ3v) is 2.29. The van der Waals surface area contributed by atoms with Crippen LogP contribution < -0.4 is 5.32 Å². The van der Waals surface area contributed by atoms with Crippen LogP contribution >= 0.6 is 0 Å². The van der Waals surface area contributed by atoms with Crippen LogP contribution in [-0.4, -0.2) is 17.7 Å². The molecule has 0 aliphatic rings. The van der Waals surface area contributed by atoms with Crippen LogP contribution in [0.3, 0.4) is 0 Å². The maximum atomic E-state index is 11.4. The summed E-state index contributed by atoms with van der Waals surface area (Å²) in [5, 5.41) is 2.79. The summed E-state index contributed by atoms with van der Waals surface area (Å²) in [7, 11) is 0. The third kappa shape index (κ3) is 7.11. The van der Waals surface area contributed by atoms with Gasteiger partial charge in [-0.15, -0.1) is 0 Å². The Hall–Kier alpha value is -0.860. The van der Waals surface area contributed by atoms with E-state index in [1.807, 2.05) is 20.8 Å². The van der Waals surface area contributed by atoms with Crippen LogP contribution in [0.2, 0.25) is 0 Å². The number of unbranched alkanes of at least 4 members (excludes halogenated alkanes) is 1. The summed E-state index contributed by atoms with van der Waals surface area (Å²) in [6.07, 6.45) is 3.14. The Balaban J connectivity index is 4.05. The first-order chi connectivity index (χ1) is 6.97. The number of carbonyl (C=O) groups is 2. The number of Topliss-reactive ketones (excluding diaryl/α,β-unsaturated/α-hetero) is 1. The lowest BCUT2D eigenvalue weighted by atomic mass is 10.0. The highest BCUT2D eigenvalue weighted by Gasteiger charge is 2.17. The highest BCUT2D eigenvalue weighted by atomic mass is 16.2. The largest absolute Gasteiger partial charge is 0.346 e. The highest BCUT2D eigenvalue weighted by molar-refractivity contribution is 5.87. The fourth-order valence-corrected chi connectivity index (χ4v) is 1.40. The molecule has 0 radical (unpaired) electrons. The molecule has 0 aromatic rings. The Morgan fingerprint density at radius 3 is 2.27 bits per heavy atom. The Kier molecular flexibility index (Phi) is 7.01. The molecule has 88 valence electrons. The minimum atomic E-state index is -0.297. The fraction of sp³-hybridized carbons (Fsp3) is 0.833. The molecule has 1 N–H and O–H groups in total. The van der Waals surface area contributed by atoms with E-state index >= 15 is 0 Å². The molecule has 0 aromatic heterocycles. The van der Waals surface area contributed by atoms with Crippen molar-refractivity contribution in [2.75, 3.05) is 0 Å². The molecule has 0 rings (SSSR count). The molecule has 3 nitrogen and oxygen atoms in total. The van der Waals surface area contributed by atoms with Crippen LogP contribution in [0, 0.1) is 5.92 Å². The van der Waals surface area contributed by atoms with E-state index in [2.05, 4.69) is 5.32 Å². The van der Waals surface area contributed by atoms with E-state index in [4.69, 9.17) is 0 Å². The monoisotopic (exact) mass is 213 g/mol. The minimum Gasteiger partial charge on any atom is -0.346 e. The van der Waals surface area contributed by atoms with Crippen LogP contribution in [0.25, 0.3) is 0 Å². The molecule has 0 heterocycles. The lowest BCUT2D eigenvalue weighted by Crippen LogP contribution is -2.40. The summed E-state index contributed by atoms with van der Waals surface area (Å²) in [6, 6.07) is -0.297. The number of hydrogen-bond acceptors (Lipinski definition) is 2. The minimum absolute atomic E-state index is 0.00213. The molecule has 1 unspecified atom stereocenters. The average molecular weight is 213 g/mol. The molecule has 15 heavy (non-hydrogen) atoms. The van der Waals surface area contributed by atoms with E-state index in [0.29, 0.717) is 12.3 Å². The molecule has 0 aromatic carbocycles. The quantitative estimate of drug-likeness (QED) is 0.705. The molecular weight excluding hydrogens is 190 g/mol. The second-order valence-electron chi connectivity index (χ2n) is 4.46. The van der Waals surface area contributed by atoms with Gasteiger partial charge < -0.3 is 5.32 Å². The zero-order chi connectivity index (χ0) is 11.8. The standard InChI is InChI=1S/C12H23NO2/c1-5-6-7-12(15)13-11(10(4)14)8-9(2)3/h9,11H,5-8H2,1-4H3,(H,13,15). The van der Waals surface area contributed by atoms with Gasteiger partial charge in [-0.3, -0.25) is 9.59 Å². The van der Waals surface area contributed by atoms with Gasteiger partial charge in [-0.05, 0) is 25.7 Å². The predicted molar refractivity (Wildman–Crippen MR) is 61.6 cm³/mol. The van der Waals surface area contributed by atoms with Crippen LogP contribution in [0.5, 0.6) is 0 Å². The number of ketones is 1. The lowest BCUT2D eigenvalue weighted by molar-refractivity contribution is -0.127.